The molecule has 0 saturated heterocycles. The van der Waals surface area contributed by atoms with Crippen molar-refractivity contribution < 1.29 is 14.7 Å². The first-order valence-electron chi connectivity index (χ1n) is 6.75. The van der Waals surface area contributed by atoms with Crippen LogP contribution in [-0.2, 0) is 9.59 Å². The first kappa shape index (κ1) is 14.8. The number of aliphatic carboxylic acids is 1. The molecule has 4 nitrogen and oxygen atoms in total. The number of carbonyl (C=O) groups is 2. The number of hydrogen-bond donors (Lipinski definition) is 1. The van der Waals surface area contributed by atoms with Crippen molar-refractivity contribution in [1.82, 2.24) is 0 Å². The zero-order valence-electron chi connectivity index (χ0n) is 11.5. The molecule has 0 aliphatic carbocycles. The van der Waals surface area contributed by atoms with Crippen LogP contribution in [0.1, 0.15) is 24.3 Å². The predicted octanol–water partition coefficient (Wildman–Crippen LogP) is 1.94. The summed E-state index contributed by atoms with van der Waals surface area (Å²) >= 11 is 0. The minimum atomic E-state index is -1.16. The van der Waals surface area contributed by atoms with Gasteiger partial charge in [-0.25, -0.2) is 0 Å². The first-order chi connectivity index (χ1) is 10.1. The van der Waals surface area contributed by atoms with Crippen LogP contribution >= 0.6 is 0 Å². The van der Waals surface area contributed by atoms with E-state index in [4.69, 9.17) is 0 Å². The normalized spacial score (nSPS) is 11.6. The molecular weight excluding hydrogens is 266 g/mol. The summed E-state index contributed by atoms with van der Waals surface area (Å²) in [6, 6.07) is 18.2. The lowest BCUT2D eigenvalue weighted by atomic mass is 9.92. The molecule has 2 aromatic rings. The topological polar surface area (TPSA) is 69.2 Å². The fourth-order valence-corrected chi connectivity index (χ4v) is 2.19. The minimum absolute atomic E-state index is 0.104. The Bertz CT molecular complexity index is 596. The Kier molecular flexibility index (Phi) is 5.10. The van der Waals surface area contributed by atoms with Crippen molar-refractivity contribution in [2.75, 3.05) is 5.32 Å². The number of carbonyl (C=O) groups excluding carboxylic acids is 2. The molecule has 0 heterocycles. The zero-order chi connectivity index (χ0) is 15.1. The van der Waals surface area contributed by atoms with Gasteiger partial charge < -0.3 is 15.2 Å². The largest absolute Gasteiger partial charge is 0.550 e. The highest BCUT2D eigenvalue weighted by Crippen LogP contribution is 2.23. The third kappa shape index (κ3) is 4.76. The van der Waals surface area contributed by atoms with Gasteiger partial charge in [0, 0.05) is 18.1 Å². The maximum Gasteiger partial charge on any atom is 0.224 e. The number of amides is 1. The number of carboxylic acid groups (broad SMARTS) is 1. The Morgan fingerprint density at radius 2 is 1.48 bits per heavy atom. The van der Waals surface area contributed by atoms with E-state index in [9.17, 15) is 14.7 Å². The van der Waals surface area contributed by atoms with E-state index >= 15 is 0 Å². The van der Waals surface area contributed by atoms with Crippen LogP contribution in [0.2, 0.25) is 0 Å². The summed E-state index contributed by atoms with van der Waals surface area (Å²) in [5.74, 6) is -1.76. The van der Waals surface area contributed by atoms with Gasteiger partial charge in [0.05, 0.1) is 0 Å². The summed E-state index contributed by atoms with van der Waals surface area (Å²) < 4.78 is 0. The Balaban J connectivity index is 2.05. The lowest BCUT2D eigenvalue weighted by Gasteiger charge is -2.17. The van der Waals surface area contributed by atoms with E-state index in [1.165, 1.54) is 0 Å². The number of rotatable bonds is 6. The molecule has 0 unspecified atom stereocenters. The van der Waals surface area contributed by atoms with Crippen molar-refractivity contribution in [3.63, 3.8) is 0 Å². The van der Waals surface area contributed by atoms with Crippen molar-refractivity contribution in [3.8, 4) is 0 Å². The fourth-order valence-electron chi connectivity index (χ4n) is 2.19. The molecule has 0 aliphatic rings. The van der Waals surface area contributed by atoms with Gasteiger partial charge in [-0.2, -0.15) is 0 Å². The van der Waals surface area contributed by atoms with Crippen molar-refractivity contribution in [2.24, 2.45) is 0 Å². The van der Waals surface area contributed by atoms with Crippen molar-refractivity contribution >= 4 is 17.6 Å². The maximum absolute atomic E-state index is 12.1. The van der Waals surface area contributed by atoms with Crippen LogP contribution in [0.15, 0.2) is 60.7 Å². The molecular formula is C17H16NO3-. The van der Waals surface area contributed by atoms with Gasteiger partial charge in [0.15, 0.2) is 0 Å². The Labute approximate surface area is 123 Å². The molecule has 0 aliphatic heterocycles. The SMILES string of the molecule is O=C([O-])C[C@H](CC(=O)Nc1ccccc1)c1ccccc1. The molecule has 4 heteroatoms. The standard InChI is InChI=1S/C17H17NO3/c19-16(18-15-9-5-2-6-10-15)11-14(12-17(20)21)13-7-3-1-4-8-13/h1-10,14H,11-12H2,(H,18,19)(H,20,21)/p-1/t14-/m0/s1. The number of anilines is 1. The van der Waals surface area contributed by atoms with Crippen molar-refractivity contribution in [1.29, 1.82) is 0 Å². The van der Waals surface area contributed by atoms with Crippen LogP contribution in [0.25, 0.3) is 0 Å². The smallest absolute Gasteiger partial charge is 0.224 e. The Morgan fingerprint density at radius 3 is 2.05 bits per heavy atom. The average molecular weight is 282 g/mol. The number of hydrogen-bond acceptors (Lipinski definition) is 3. The van der Waals surface area contributed by atoms with Crippen LogP contribution in [-0.4, -0.2) is 11.9 Å². The molecule has 0 saturated carbocycles. The van der Waals surface area contributed by atoms with Gasteiger partial charge in [-0.3, -0.25) is 4.79 Å². The highest BCUT2D eigenvalue weighted by atomic mass is 16.4. The Hall–Kier alpha value is -2.62. The molecule has 1 atom stereocenters. The highest BCUT2D eigenvalue weighted by molar-refractivity contribution is 5.91. The summed E-state index contributed by atoms with van der Waals surface area (Å²) in [6.45, 7) is 0. The van der Waals surface area contributed by atoms with E-state index in [0.29, 0.717) is 5.69 Å². The maximum atomic E-state index is 12.1. The number of carboxylic acids is 1. The molecule has 0 bridgehead atoms. The molecule has 21 heavy (non-hydrogen) atoms. The van der Waals surface area contributed by atoms with Gasteiger partial charge in [-0.1, -0.05) is 48.5 Å². The van der Waals surface area contributed by atoms with Crippen LogP contribution < -0.4 is 10.4 Å². The molecule has 108 valence electrons. The number of nitrogens with one attached hydrogen (secondary N) is 1. The molecule has 0 aromatic heterocycles. The molecule has 0 spiro atoms. The first-order valence-corrected chi connectivity index (χ1v) is 6.75. The molecule has 1 amide bonds. The second-order valence-electron chi connectivity index (χ2n) is 4.80. The van der Waals surface area contributed by atoms with Crippen LogP contribution in [0.3, 0.4) is 0 Å². The summed E-state index contributed by atoms with van der Waals surface area (Å²) in [5, 5.41) is 13.6. The molecule has 0 fully saturated rings. The summed E-state index contributed by atoms with van der Waals surface area (Å²) in [6.07, 6.45) is -0.0703. The molecule has 2 rings (SSSR count). The lowest BCUT2D eigenvalue weighted by molar-refractivity contribution is -0.306. The van der Waals surface area contributed by atoms with E-state index in [0.717, 1.165) is 5.56 Å². The quantitative estimate of drug-likeness (QED) is 0.880. The number of benzene rings is 2. The monoisotopic (exact) mass is 282 g/mol. The van der Waals surface area contributed by atoms with Gasteiger partial charge >= 0.3 is 0 Å². The zero-order valence-corrected chi connectivity index (χ0v) is 11.5. The molecule has 2 aromatic carbocycles. The van der Waals surface area contributed by atoms with Crippen LogP contribution in [0.5, 0.6) is 0 Å². The van der Waals surface area contributed by atoms with E-state index in [1.807, 2.05) is 48.5 Å². The van der Waals surface area contributed by atoms with E-state index in [-0.39, 0.29) is 24.7 Å². The van der Waals surface area contributed by atoms with E-state index in [1.54, 1.807) is 12.1 Å². The second-order valence-corrected chi connectivity index (χ2v) is 4.80. The van der Waals surface area contributed by atoms with E-state index < -0.39 is 5.97 Å². The van der Waals surface area contributed by atoms with Gasteiger partial charge in [0.1, 0.15) is 0 Å². The fraction of sp³-hybridized carbons (Fsp3) is 0.176. The predicted molar refractivity (Wildman–Crippen MR) is 78.5 cm³/mol. The number of para-hydroxylation sites is 1. The summed E-state index contributed by atoms with van der Waals surface area (Å²) in [4.78, 5) is 22.9. The average Bonchev–Trinajstić information content (AvgIpc) is 2.48. The third-order valence-corrected chi connectivity index (χ3v) is 3.17. The van der Waals surface area contributed by atoms with Gasteiger partial charge in [-0.15, -0.1) is 0 Å². The lowest BCUT2D eigenvalue weighted by Crippen LogP contribution is -2.26. The molecule has 1 N–H and O–H groups in total. The highest BCUT2D eigenvalue weighted by Gasteiger charge is 2.16. The second kappa shape index (κ2) is 7.24. The van der Waals surface area contributed by atoms with Gasteiger partial charge in [0.2, 0.25) is 5.91 Å². The Morgan fingerprint density at radius 1 is 0.905 bits per heavy atom. The van der Waals surface area contributed by atoms with E-state index in [2.05, 4.69) is 5.32 Å². The van der Waals surface area contributed by atoms with Crippen molar-refractivity contribution in [3.05, 3.63) is 66.2 Å². The van der Waals surface area contributed by atoms with Gasteiger partial charge in [-0.05, 0) is 30.0 Å². The van der Waals surface area contributed by atoms with Gasteiger partial charge in [0.25, 0.3) is 0 Å². The van der Waals surface area contributed by atoms with Crippen LogP contribution in [0.4, 0.5) is 5.69 Å². The summed E-state index contributed by atoms with van der Waals surface area (Å²) in [7, 11) is 0. The third-order valence-electron chi connectivity index (χ3n) is 3.17. The van der Waals surface area contributed by atoms with Crippen LogP contribution in [0, 0.1) is 0 Å². The summed E-state index contributed by atoms with van der Waals surface area (Å²) in [5.41, 5.74) is 1.52. The molecule has 0 radical (unpaired) electrons. The minimum Gasteiger partial charge on any atom is -0.550 e. The van der Waals surface area contributed by atoms with Crippen molar-refractivity contribution in [2.45, 2.75) is 18.8 Å².